The fourth-order valence-corrected chi connectivity index (χ4v) is 2.12. The summed E-state index contributed by atoms with van der Waals surface area (Å²) in [5.41, 5.74) is 0.558. The van der Waals surface area contributed by atoms with Crippen molar-refractivity contribution in [2.75, 3.05) is 5.32 Å². The number of aromatic carboxylic acids is 1. The fraction of sp³-hybridized carbons (Fsp3) is 0.385. The number of nitrogens with one attached hydrogen (secondary N) is 2. The Balaban J connectivity index is 2.76. The molecular formula is C13H17BrN2O3. The average molecular weight is 329 g/mol. The van der Waals surface area contributed by atoms with Crippen LogP contribution in [0.25, 0.3) is 0 Å². The van der Waals surface area contributed by atoms with E-state index < -0.39 is 5.97 Å². The van der Waals surface area contributed by atoms with Crippen molar-refractivity contribution >= 4 is 33.6 Å². The van der Waals surface area contributed by atoms with Crippen LogP contribution in [-0.4, -0.2) is 23.1 Å². The van der Waals surface area contributed by atoms with Crippen LogP contribution in [0.4, 0.5) is 10.5 Å². The molecule has 104 valence electrons. The van der Waals surface area contributed by atoms with Crippen LogP contribution in [0.15, 0.2) is 22.7 Å². The Morgan fingerprint density at radius 2 is 1.89 bits per heavy atom. The third-order valence-corrected chi connectivity index (χ3v) is 3.18. The normalized spacial score (nSPS) is 10.3. The van der Waals surface area contributed by atoms with E-state index in [2.05, 4.69) is 26.6 Å². The highest BCUT2D eigenvalue weighted by Gasteiger charge is 2.10. The quantitative estimate of drug-likeness (QED) is 0.774. The third-order valence-electron chi connectivity index (χ3n) is 2.72. The maximum atomic E-state index is 11.7. The number of benzene rings is 1. The molecule has 0 spiro atoms. The van der Waals surface area contributed by atoms with E-state index in [0.717, 1.165) is 12.8 Å². The van der Waals surface area contributed by atoms with Crippen LogP contribution in [0, 0.1) is 0 Å². The summed E-state index contributed by atoms with van der Waals surface area (Å²) in [6, 6.07) is 4.33. The Labute approximate surface area is 120 Å². The summed E-state index contributed by atoms with van der Waals surface area (Å²) in [6.07, 6.45) is 1.70. The van der Waals surface area contributed by atoms with E-state index >= 15 is 0 Å². The number of carboxylic acids is 1. The van der Waals surface area contributed by atoms with Gasteiger partial charge < -0.3 is 15.7 Å². The largest absolute Gasteiger partial charge is 0.478 e. The van der Waals surface area contributed by atoms with Crippen molar-refractivity contribution in [3.05, 3.63) is 28.2 Å². The second-order valence-electron chi connectivity index (χ2n) is 4.15. The minimum absolute atomic E-state index is 0.117. The van der Waals surface area contributed by atoms with Gasteiger partial charge in [0, 0.05) is 16.2 Å². The molecule has 5 nitrogen and oxygen atoms in total. The predicted molar refractivity (Wildman–Crippen MR) is 77.6 cm³/mol. The van der Waals surface area contributed by atoms with Gasteiger partial charge in [-0.25, -0.2) is 9.59 Å². The molecule has 3 N–H and O–H groups in total. The maximum absolute atomic E-state index is 11.7. The lowest BCUT2D eigenvalue weighted by Gasteiger charge is -2.15. The molecule has 0 bridgehead atoms. The molecule has 0 atom stereocenters. The smallest absolute Gasteiger partial charge is 0.335 e. The predicted octanol–water partition coefficient (Wildman–Crippen LogP) is 3.46. The lowest BCUT2D eigenvalue weighted by atomic mass is 10.2. The van der Waals surface area contributed by atoms with E-state index in [1.54, 1.807) is 6.07 Å². The van der Waals surface area contributed by atoms with Crippen LogP contribution in [0.2, 0.25) is 0 Å². The van der Waals surface area contributed by atoms with Crippen LogP contribution in [0.1, 0.15) is 37.0 Å². The van der Waals surface area contributed by atoms with E-state index in [1.165, 1.54) is 12.1 Å². The molecule has 0 aliphatic rings. The summed E-state index contributed by atoms with van der Waals surface area (Å²) in [7, 11) is 0. The first-order valence-corrected chi connectivity index (χ1v) is 6.87. The Hall–Kier alpha value is -1.56. The summed E-state index contributed by atoms with van der Waals surface area (Å²) >= 11 is 3.21. The molecule has 0 saturated carbocycles. The molecule has 19 heavy (non-hydrogen) atoms. The van der Waals surface area contributed by atoms with Gasteiger partial charge in [0.15, 0.2) is 0 Å². The number of amides is 2. The molecule has 1 aromatic rings. The van der Waals surface area contributed by atoms with Gasteiger partial charge in [-0.1, -0.05) is 29.8 Å². The molecule has 0 radical (unpaired) electrons. The zero-order valence-electron chi connectivity index (χ0n) is 10.9. The molecule has 0 saturated heterocycles. The van der Waals surface area contributed by atoms with Crippen molar-refractivity contribution in [3.8, 4) is 0 Å². The number of urea groups is 1. The zero-order valence-corrected chi connectivity index (χ0v) is 12.5. The summed E-state index contributed by atoms with van der Waals surface area (Å²) < 4.78 is 0.602. The van der Waals surface area contributed by atoms with E-state index in [4.69, 9.17) is 5.11 Å². The minimum atomic E-state index is -1.04. The Morgan fingerprint density at radius 3 is 2.42 bits per heavy atom. The Kier molecular flexibility index (Phi) is 5.82. The first kappa shape index (κ1) is 15.5. The van der Waals surface area contributed by atoms with Gasteiger partial charge in [0.05, 0.1) is 5.56 Å². The van der Waals surface area contributed by atoms with E-state index in [-0.39, 0.29) is 17.6 Å². The summed E-state index contributed by atoms with van der Waals surface area (Å²) in [4.78, 5) is 22.7. The van der Waals surface area contributed by atoms with Crippen molar-refractivity contribution < 1.29 is 14.7 Å². The van der Waals surface area contributed by atoms with Crippen molar-refractivity contribution in [1.82, 2.24) is 5.32 Å². The number of anilines is 1. The van der Waals surface area contributed by atoms with Gasteiger partial charge in [-0.15, -0.1) is 0 Å². The van der Waals surface area contributed by atoms with Crippen molar-refractivity contribution in [3.63, 3.8) is 0 Å². The van der Waals surface area contributed by atoms with Gasteiger partial charge in [-0.3, -0.25) is 0 Å². The van der Waals surface area contributed by atoms with Gasteiger partial charge in [0.25, 0.3) is 0 Å². The van der Waals surface area contributed by atoms with Crippen molar-refractivity contribution in [1.29, 1.82) is 0 Å². The topological polar surface area (TPSA) is 78.4 Å². The maximum Gasteiger partial charge on any atom is 0.335 e. The van der Waals surface area contributed by atoms with Crippen molar-refractivity contribution in [2.24, 2.45) is 0 Å². The SMILES string of the molecule is CCC(CC)NC(=O)Nc1cc(Br)cc(C(=O)O)c1. The van der Waals surface area contributed by atoms with E-state index in [9.17, 15) is 9.59 Å². The molecule has 1 rings (SSSR count). The summed E-state index contributed by atoms with van der Waals surface area (Å²) in [5, 5.41) is 14.4. The molecule has 0 aliphatic heterocycles. The summed E-state index contributed by atoms with van der Waals surface area (Å²) in [6.45, 7) is 3.99. The fourth-order valence-electron chi connectivity index (χ4n) is 1.63. The minimum Gasteiger partial charge on any atom is -0.478 e. The van der Waals surface area contributed by atoms with Crippen LogP contribution in [0.3, 0.4) is 0 Å². The molecule has 1 aromatic carbocycles. The van der Waals surface area contributed by atoms with Gasteiger partial charge >= 0.3 is 12.0 Å². The zero-order chi connectivity index (χ0) is 14.4. The summed E-state index contributed by atoms with van der Waals surface area (Å²) in [5.74, 6) is -1.04. The number of rotatable bonds is 5. The third kappa shape index (κ3) is 4.90. The van der Waals surface area contributed by atoms with E-state index in [0.29, 0.717) is 10.2 Å². The molecule has 0 unspecified atom stereocenters. The molecule has 2 amide bonds. The highest BCUT2D eigenvalue weighted by molar-refractivity contribution is 9.10. The standard InChI is InChI=1S/C13H17BrN2O3/c1-3-10(4-2)15-13(19)16-11-6-8(12(17)18)5-9(14)7-11/h5-7,10H,3-4H2,1-2H3,(H,17,18)(H2,15,16,19). The lowest BCUT2D eigenvalue weighted by Crippen LogP contribution is -2.37. The molecule has 0 fully saturated rings. The number of hydrogen-bond acceptors (Lipinski definition) is 2. The van der Waals surface area contributed by atoms with Crippen LogP contribution in [0.5, 0.6) is 0 Å². The van der Waals surface area contributed by atoms with Crippen LogP contribution < -0.4 is 10.6 Å². The number of carbonyl (C=O) groups excluding carboxylic acids is 1. The first-order chi connectivity index (χ1) is 8.96. The van der Waals surface area contributed by atoms with Gasteiger partial charge in [0.2, 0.25) is 0 Å². The molecular weight excluding hydrogens is 312 g/mol. The Bertz CT molecular complexity index is 473. The van der Waals surface area contributed by atoms with E-state index in [1.807, 2.05) is 13.8 Å². The number of carbonyl (C=O) groups is 2. The molecule has 0 aliphatic carbocycles. The van der Waals surface area contributed by atoms with Crippen molar-refractivity contribution in [2.45, 2.75) is 32.7 Å². The van der Waals surface area contributed by atoms with Crippen LogP contribution >= 0.6 is 15.9 Å². The second-order valence-corrected chi connectivity index (χ2v) is 5.06. The average Bonchev–Trinajstić information content (AvgIpc) is 2.35. The number of carboxylic acid groups (broad SMARTS) is 1. The number of hydrogen-bond donors (Lipinski definition) is 3. The highest BCUT2D eigenvalue weighted by Crippen LogP contribution is 2.19. The van der Waals surface area contributed by atoms with Crippen LogP contribution in [-0.2, 0) is 0 Å². The highest BCUT2D eigenvalue weighted by atomic mass is 79.9. The number of halogens is 1. The second kappa shape index (κ2) is 7.13. The monoisotopic (exact) mass is 328 g/mol. The van der Waals surface area contributed by atoms with Gasteiger partial charge in [-0.2, -0.15) is 0 Å². The molecule has 0 aromatic heterocycles. The molecule has 6 heteroatoms. The Morgan fingerprint density at radius 1 is 1.26 bits per heavy atom. The first-order valence-electron chi connectivity index (χ1n) is 6.07. The lowest BCUT2D eigenvalue weighted by molar-refractivity contribution is 0.0697. The molecule has 0 heterocycles. The van der Waals surface area contributed by atoms with Gasteiger partial charge in [-0.05, 0) is 31.0 Å². The van der Waals surface area contributed by atoms with Gasteiger partial charge in [0.1, 0.15) is 0 Å².